The van der Waals surface area contributed by atoms with Crippen LogP contribution in [0.25, 0.3) is 22.3 Å². The third-order valence-electron chi connectivity index (χ3n) is 3.71. The second kappa shape index (κ2) is 6.09. The van der Waals surface area contributed by atoms with Crippen molar-refractivity contribution >= 4 is 11.0 Å². The molecule has 0 amide bonds. The average molecular weight is 331 g/mol. The number of rotatable bonds is 4. The van der Waals surface area contributed by atoms with E-state index in [0.717, 1.165) is 22.3 Å². The van der Waals surface area contributed by atoms with Crippen LogP contribution in [0, 0.1) is 11.3 Å². The van der Waals surface area contributed by atoms with Crippen LogP contribution in [0.3, 0.4) is 0 Å². The van der Waals surface area contributed by atoms with Crippen molar-refractivity contribution in [3.8, 4) is 23.1 Å². The van der Waals surface area contributed by atoms with Crippen molar-refractivity contribution in [3.05, 3.63) is 60.4 Å². The van der Waals surface area contributed by atoms with Gasteiger partial charge in [-0.3, -0.25) is 4.68 Å². The molecule has 4 aromatic rings. The second-order valence-electron chi connectivity index (χ2n) is 5.52. The first-order valence-electron chi connectivity index (χ1n) is 7.57. The zero-order chi connectivity index (χ0) is 17.2. The van der Waals surface area contributed by atoms with Crippen LogP contribution in [0.4, 0.5) is 0 Å². The maximum atomic E-state index is 9.19. The fourth-order valence-corrected chi connectivity index (χ4v) is 2.57. The molecule has 0 saturated heterocycles. The van der Waals surface area contributed by atoms with Crippen molar-refractivity contribution < 1.29 is 9.15 Å². The Kier molecular flexibility index (Phi) is 3.63. The quantitative estimate of drug-likeness (QED) is 0.571. The molecule has 0 radical (unpaired) electrons. The van der Waals surface area contributed by atoms with Gasteiger partial charge in [-0.05, 0) is 24.3 Å². The summed E-state index contributed by atoms with van der Waals surface area (Å²) in [4.78, 5) is 7.92. The largest absolute Gasteiger partial charge is 0.489 e. The van der Waals surface area contributed by atoms with E-state index in [1.54, 1.807) is 30.3 Å². The molecular weight excluding hydrogens is 318 g/mol. The van der Waals surface area contributed by atoms with Crippen LogP contribution < -0.4 is 4.74 Å². The standard InChI is InChI=1S/C18H13N5O2/c1-23-9-15(16(6-19)22-23)18-5-13-4-14(2-3-17(13)25-18)24-10-12-7-20-11-21-8-12/h2-5,7-9,11H,10H2,1H3. The molecule has 7 nitrogen and oxygen atoms in total. The van der Waals surface area contributed by atoms with Gasteiger partial charge in [-0.2, -0.15) is 10.4 Å². The van der Waals surface area contributed by atoms with Gasteiger partial charge in [-0.15, -0.1) is 0 Å². The fraction of sp³-hybridized carbons (Fsp3) is 0.111. The van der Waals surface area contributed by atoms with Crippen molar-refractivity contribution in [2.24, 2.45) is 7.05 Å². The fourth-order valence-electron chi connectivity index (χ4n) is 2.57. The first-order chi connectivity index (χ1) is 12.2. The lowest BCUT2D eigenvalue weighted by molar-refractivity contribution is 0.305. The second-order valence-corrected chi connectivity index (χ2v) is 5.52. The Morgan fingerprint density at radius 2 is 2.08 bits per heavy atom. The van der Waals surface area contributed by atoms with Crippen LogP contribution in [0.2, 0.25) is 0 Å². The number of aromatic nitrogens is 4. The van der Waals surface area contributed by atoms with E-state index in [1.165, 1.54) is 6.33 Å². The van der Waals surface area contributed by atoms with E-state index in [4.69, 9.17) is 9.15 Å². The van der Waals surface area contributed by atoms with Gasteiger partial charge in [-0.1, -0.05) is 0 Å². The Labute approximate surface area is 143 Å². The lowest BCUT2D eigenvalue weighted by Gasteiger charge is -2.05. The smallest absolute Gasteiger partial charge is 0.173 e. The minimum Gasteiger partial charge on any atom is -0.489 e. The summed E-state index contributed by atoms with van der Waals surface area (Å²) in [6.45, 7) is 0.387. The topological polar surface area (TPSA) is 89.8 Å². The summed E-state index contributed by atoms with van der Waals surface area (Å²) in [6, 6.07) is 9.55. The van der Waals surface area contributed by atoms with E-state index in [0.29, 0.717) is 23.6 Å². The predicted octanol–water partition coefficient (Wildman–Crippen LogP) is 3.07. The van der Waals surface area contributed by atoms with Crippen LogP contribution in [-0.4, -0.2) is 19.7 Å². The van der Waals surface area contributed by atoms with Crippen LogP contribution in [0.5, 0.6) is 5.75 Å². The monoisotopic (exact) mass is 331 g/mol. The van der Waals surface area contributed by atoms with Crippen molar-refractivity contribution in [2.45, 2.75) is 6.61 Å². The molecule has 0 spiro atoms. The number of nitriles is 1. The molecule has 0 aliphatic heterocycles. The maximum Gasteiger partial charge on any atom is 0.173 e. The van der Waals surface area contributed by atoms with Gasteiger partial charge in [-0.25, -0.2) is 9.97 Å². The van der Waals surface area contributed by atoms with Gasteiger partial charge in [0.15, 0.2) is 5.69 Å². The Morgan fingerprint density at radius 1 is 1.24 bits per heavy atom. The first-order valence-corrected chi connectivity index (χ1v) is 7.57. The van der Waals surface area contributed by atoms with E-state index < -0.39 is 0 Å². The maximum absolute atomic E-state index is 9.19. The molecule has 25 heavy (non-hydrogen) atoms. The van der Waals surface area contributed by atoms with Crippen LogP contribution >= 0.6 is 0 Å². The van der Waals surface area contributed by atoms with Gasteiger partial charge < -0.3 is 9.15 Å². The van der Waals surface area contributed by atoms with Crippen LogP contribution in [0.15, 0.2) is 53.6 Å². The van der Waals surface area contributed by atoms with Crippen LogP contribution in [-0.2, 0) is 13.7 Å². The molecule has 0 fully saturated rings. The number of benzene rings is 1. The summed E-state index contributed by atoms with van der Waals surface area (Å²) >= 11 is 0. The summed E-state index contributed by atoms with van der Waals surface area (Å²) in [5.41, 5.74) is 2.62. The Hall–Kier alpha value is -3.66. The molecule has 0 aliphatic rings. The van der Waals surface area contributed by atoms with Gasteiger partial charge in [0.2, 0.25) is 0 Å². The van der Waals surface area contributed by atoms with Gasteiger partial charge in [0.25, 0.3) is 0 Å². The molecule has 3 heterocycles. The summed E-state index contributed by atoms with van der Waals surface area (Å²) in [7, 11) is 1.77. The number of hydrogen-bond donors (Lipinski definition) is 0. The van der Waals surface area contributed by atoms with E-state index in [-0.39, 0.29) is 0 Å². The zero-order valence-electron chi connectivity index (χ0n) is 13.4. The third-order valence-corrected chi connectivity index (χ3v) is 3.71. The molecule has 7 heteroatoms. The molecule has 122 valence electrons. The van der Waals surface area contributed by atoms with Gasteiger partial charge in [0.05, 0.1) is 5.56 Å². The van der Waals surface area contributed by atoms with Crippen LogP contribution in [0.1, 0.15) is 11.3 Å². The average Bonchev–Trinajstić information content (AvgIpc) is 3.23. The number of aryl methyl sites for hydroxylation is 1. The molecule has 0 saturated carbocycles. The normalized spacial score (nSPS) is 10.7. The van der Waals surface area contributed by atoms with Crippen molar-refractivity contribution in [2.75, 3.05) is 0 Å². The summed E-state index contributed by atoms with van der Waals surface area (Å²) in [5.74, 6) is 1.32. The van der Waals surface area contributed by atoms with E-state index in [1.807, 2.05) is 24.3 Å². The highest BCUT2D eigenvalue weighted by Crippen LogP contribution is 2.31. The predicted molar refractivity (Wildman–Crippen MR) is 89.5 cm³/mol. The van der Waals surface area contributed by atoms with E-state index in [2.05, 4.69) is 21.1 Å². The highest BCUT2D eigenvalue weighted by Gasteiger charge is 2.14. The van der Waals surface area contributed by atoms with Gasteiger partial charge in [0.1, 0.15) is 36.1 Å². The molecule has 0 aliphatic carbocycles. The molecule has 0 bridgehead atoms. The lowest BCUT2D eigenvalue weighted by atomic mass is 10.2. The Bertz CT molecular complexity index is 1080. The molecule has 3 aromatic heterocycles. The molecule has 0 atom stereocenters. The third kappa shape index (κ3) is 2.93. The van der Waals surface area contributed by atoms with Gasteiger partial charge >= 0.3 is 0 Å². The van der Waals surface area contributed by atoms with E-state index >= 15 is 0 Å². The number of furan rings is 1. The number of nitrogens with zero attached hydrogens (tertiary/aromatic N) is 5. The number of ether oxygens (including phenoxy) is 1. The minimum atomic E-state index is 0.335. The molecule has 4 rings (SSSR count). The zero-order valence-corrected chi connectivity index (χ0v) is 13.4. The lowest BCUT2D eigenvalue weighted by Crippen LogP contribution is -1.96. The number of hydrogen-bond acceptors (Lipinski definition) is 6. The number of fused-ring (bicyclic) bond motifs is 1. The van der Waals surface area contributed by atoms with Crippen molar-refractivity contribution in [3.63, 3.8) is 0 Å². The van der Waals surface area contributed by atoms with Gasteiger partial charge in [0, 0.05) is 36.6 Å². The van der Waals surface area contributed by atoms with Crippen molar-refractivity contribution in [1.29, 1.82) is 5.26 Å². The minimum absolute atomic E-state index is 0.335. The molecule has 0 N–H and O–H groups in total. The molecule has 1 aromatic carbocycles. The molecular formula is C18H13N5O2. The Balaban J connectivity index is 1.62. The molecule has 0 unspecified atom stereocenters. The Morgan fingerprint density at radius 3 is 2.88 bits per heavy atom. The SMILES string of the molecule is Cn1cc(-c2cc3cc(OCc4cncnc4)ccc3o2)c(C#N)n1. The van der Waals surface area contributed by atoms with E-state index in [9.17, 15) is 5.26 Å². The highest BCUT2D eigenvalue weighted by atomic mass is 16.5. The summed E-state index contributed by atoms with van der Waals surface area (Å²) < 4.78 is 13.2. The summed E-state index contributed by atoms with van der Waals surface area (Å²) in [5, 5.41) is 14.2. The summed E-state index contributed by atoms with van der Waals surface area (Å²) in [6.07, 6.45) is 6.68. The first kappa shape index (κ1) is 14.9. The highest BCUT2D eigenvalue weighted by molar-refractivity contribution is 5.84. The van der Waals surface area contributed by atoms with Crippen molar-refractivity contribution in [1.82, 2.24) is 19.7 Å².